The number of amides is 1. The fourth-order valence-corrected chi connectivity index (χ4v) is 9.56. The molecule has 2 aliphatic heterocycles. The number of piperazine rings is 1. The standard InChI is InChI=1S/C57H62N8O10S/c1-3-73-57(69)52-53(68)50(76-56(52)59-41-10-5-4-6-11-41)34-38-14-19-49(48(66)33-38)75-32-31-72-30-29-71-28-27-70-26-20-58-51(67)13-8-25-74-43-12-7-9-39(35-43)54-60-44-17-15-40(36-46(44)62-54)55-61-45-18-16-42(37-47(45)63-55)65-23-21-64(2)22-24-65/h4-7,9-12,14-19,33-37,59,66H,3,8,13,20-32H2,1-2H3,(H,58,67)(H,60,62)(H,61,63)/b50-34-. The number of ketones is 1. The van der Waals surface area contributed by atoms with Gasteiger partial charge in [0.05, 0.1) is 84.9 Å². The van der Waals surface area contributed by atoms with Crippen LogP contribution in [0.15, 0.2) is 125 Å². The highest BCUT2D eigenvalue weighted by Gasteiger charge is 2.35. The van der Waals surface area contributed by atoms with Gasteiger partial charge in [-0.1, -0.05) is 48.2 Å². The lowest BCUT2D eigenvalue weighted by molar-refractivity contribution is -0.139. The van der Waals surface area contributed by atoms with Crippen LogP contribution in [0.2, 0.25) is 0 Å². The summed E-state index contributed by atoms with van der Waals surface area (Å²) in [5, 5.41) is 17.0. The van der Waals surface area contributed by atoms with E-state index in [4.69, 9.17) is 38.4 Å². The molecule has 4 heterocycles. The van der Waals surface area contributed by atoms with Crippen LogP contribution in [0.3, 0.4) is 0 Å². The molecule has 1 amide bonds. The van der Waals surface area contributed by atoms with E-state index in [9.17, 15) is 19.5 Å². The predicted octanol–water partition coefficient (Wildman–Crippen LogP) is 8.18. The number of nitrogens with one attached hydrogen (secondary N) is 4. The van der Waals surface area contributed by atoms with Crippen molar-refractivity contribution in [3.8, 4) is 40.0 Å². The summed E-state index contributed by atoms with van der Waals surface area (Å²) < 4.78 is 33.6. The van der Waals surface area contributed by atoms with Crippen LogP contribution in [0, 0.1) is 0 Å². The van der Waals surface area contributed by atoms with Crippen LogP contribution in [0.4, 0.5) is 11.4 Å². The molecule has 2 aromatic heterocycles. The fraction of sp³-hybridized carbons (Fsp3) is 0.316. The van der Waals surface area contributed by atoms with E-state index in [1.54, 1.807) is 25.1 Å². The highest BCUT2D eigenvalue weighted by Crippen LogP contribution is 2.41. The summed E-state index contributed by atoms with van der Waals surface area (Å²) in [6, 6.07) is 34.4. The average molecular weight is 1050 g/mol. The number of imidazole rings is 2. The number of aromatic nitrogens is 4. The Morgan fingerprint density at radius 1 is 0.737 bits per heavy atom. The van der Waals surface area contributed by atoms with Crippen LogP contribution in [-0.2, 0) is 33.3 Å². The van der Waals surface area contributed by atoms with Crippen molar-refractivity contribution >= 4 is 68.9 Å². The molecule has 1 fully saturated rings. The molecule has 396 valence electrons. The van der Waals surface area contributed by atoms with E-state index in [1.807, 2.05) is 66.7 Å². The molecule has 5 N–H and O–H groups in total. The Morgan fingerprint density at radius 3 is 2.25 bits per heavy atom. The molecule has 2 aliphatic rings. The number of carbonyl (C=O) groups is 3. The third kappa shape index (κ3) is 14.2. The van der Waals surface area contributed by atoms with Gasteiger partial charge < -0.3 is 63.9 Å². The Bertz CT molecular complexity index is 3190. The molecule has 0 bridgehead atoms. The maximum absolute atomic E-state index is 13.3. The highest BCUT2D eigenvalue weighted by molar-refractivity contribution is 8.08. The zero-order valence-corrected chi connectivity index (χ0v) is 43.4. The normalized spacial score (nSPS) is 14.5. The zero-order valence-electron chi connectivity index (χ0n) is 42.6. The summed E-state index contributed by atoms with van der Waals surface area (Å²) in [6.07, 6.45) is 2.49. The number of esters is 1. The van der Waals surface area contributed by atoms with E-state index in [-0.39, 0.29) is 42.8 Å². The molecule has 0 saturated carbocycles. The summed E-state index contributed by atoms with van der Waals surface area (Å²) in [5.41, 5.74) is 7.98. The van der Waals surface area contributed by atoms with Crippen LogP contribution in [0.5, 0.6) is 17.2 Å². The van der Waals surface area contributed by atoms with Gasteiger partial charge in [0.15, 0.2) is 11.5 Å². The van der Waals surface area contributed by atoms with Crippen molar-refractivity contribution < 1.29 is 47.9 Å². The number of phenols is 1. The van der Waals surface area contributed by atoms with Gasteiger partial charge in [-0.05, 0) is 105 Å². The van der Waals surface area contributed by atoms with Crippen molar-refractivity contribution in [3.05, 3.63) is 130 Å². The number of fused-ring (bicyclic) bond motifs is 2. The highest BCUT2D eigenvalue weighted by atomic mass is 32.2. The van der Waals surface area contributed by atoms with Crippen LogP contribution < -0.4 is 25.0 Å². The third-order valence-corrected chi connectivity index (χ3v) is 13.5. The number of nitrogens with zero attached hydrogens (tertiary/aromatic N) is 4. The van der Waals surface area contributed by atoms with E-state index < -0.39 is 11.8 Å². The number of hydrogen-bond donors (Lipinski definition) is 5. The number of ether oxygens (including phenoxy) is 6. The number of thioether (sulfide) groups is 1. The van der Waals surface area contributed by atoms with E-state index >= 15 is 0 Å². The molecule has 0 spiro atoms. The number of anilines is 2. The lowest BCUT2D eigenvalue weighted by atomic mass is 10.1. The minimum Gasteiger partial charge on any atom is -0.504 e. The first-order valence-corrected chi connectivity index (χ1v) is 26.3. The summed E-state index contributed by atoms with van der Waals surface area (Å²) in [7, 11) is 2.16. The molecule has 19 heteroatoms. The summed E-state index contributed by atoms with van der Waals surface area (Å²) in [5.74, 6) is 1.16. The number of likely N-dealkylation sites (N-methyl/N-ethyl adjacent to an activating group) is 1. The molecule has 0 unspecified atom stereocenters. The third-order valence-electron chi connectivity index (χ3n) is 12.5. The molecular weight excluding hydrogens is 989 g/mol. The predicted molar refractivity (Wildman–Crippen MR) is 294 cm³/mol. The van der Waals surface area contributed by atoms with Crippen LogP contribution in [0.25, 0.3) is 50.9 Å². The maximum Gasteiger partial charge on any atom is 0.344 e. The van der Waals surface area contributed by atoms with Gasteiger partial charge >= 0.3 is 5.97 Å². The molecule has 0 radical (unpaired) electrons. The molecule has 9 rings (SSSR count). The van der Waals surface area contributed by atoms with Crippen LogP contribution in [-0.4, -0.2) is 147 Å². The van der Waals surface area contributed by atoms with Gasteiger partial charge in [0.2, 0.25) is 11.7 Å². The lowest BCUT2D eigenvalue weighted by Crippen LogP contribution is -2.44. The Labute approximate surface area is 444 Å². The van der Waals surface area contributed by atoms with Crippen molar-refractivity contribution in [2.45, 2.75) is 19.8 Å². The molecule has 18 nitrogen and oxygen atoms in total. The Morgan fingerprint density at radius 2 is 1.47 bits per heavy atom. The Kier molecular flexibility index (Phi) is 18.3. The number of Topliss-reactive ketones (excluding diaryl/α,β-unsaturated/α-hetero) is 1. The first-order chi connectivity index (χ1) is 37.2. The SMILES string of the molecule is CCOC(=O)C1=C(Nc2ccccc2)S/C(=C\c2ccc(OCCOCCOCCOCCNC(=O)CCCOc3cccc(-c4nc5ccc(-c6nc7cc(N8CCN(C)CC8)ccc7[nH]6)cc5[nH]4)c3)c(O)c2)C1=O. The molecule has 1 saturated heterocycles. The minimum absolute atomic E-state index is 0.0654. The summed E-state index contributed by atoms with van der Waals surface area (Å²) >= 11 is 1.13. The number of phenolic OH excluding ortho intramolecular Hbond substituents is 1. The van der Waals surface area contributed by atoms with Gasteiger partial charge in [-0.25, -0.2) is 14.8 Å². The van der Waals surface area contributed by atoms with E-state index in [1.165, 1.54) is 11.8 Å². The lowest BCUT2D eigenvalue weighted by Gasteiger charge is -2.34. The first kappa shape index (κ1) is 53.2. The largest absolute Gasteiger partial charge is 0.504 e. The molecule has 76 heavy (non-hydrogen) atoms. The second kappa shape index (κ2) is 26.2. The number of aromatic amines is 2. The van der Waals surface area contributed by atoms with Crippen LogP contribution >= 0.6 is 11.8 Å². The molecule has 0 aliphatic carbocycles. The number of carbonyl (C=O) groups excluding carboxylic acids is 3. The van der Waals surface area contributed by atoms with Gasteiger partial charge in [0.25, 0.3) is 0 Å². The smallest absolute Gasteiger partial charge is 0.344 e. The van der Waals surface area contributed by atoms with E-state index in [2.05, 4.69) is 61.7 Å². The van der Waals surface area contributed by atoms with Gasteiger partial charge in [0.1, 0.15) is 29.6 Å². The summed E-state index contributed by atoms with van der Waals surface area (Å²) in [6.45, 7) is 8.97. The van der Waals surface area contributed by atoms with Crippen molar-refractivity contribution in [3.63, 3.8) is 0 Å². The molecule has 5 aromatic carbocycles. The van der Waals surface area contributed by atoms with E-state index in [0.29, 0.717) is 80.3 Å². The van der Waals surface area contributed by atoms with Gasteiger partial charge in [-0.2, -0.15) is 0 Å². The fourth-order valence-electron chi connectivity index (χ4n) is 8.50. The first-order valence-electron chi connectivity index (χ1n) is 25.5. The Hall–Kier alpha value is -7.68. The number of hydrogen-bond acceptors (Lipinski definition) is 16. The zero-order chi connectivity index (χ0) is 52.6. The average Bonchev–Trinajstić information content (AvgIpc) is 4.15. The van der Waals surface area contributed by atoms with Gasteiger partial charge in [-0.3, -0.25) is 9.59 Å². The van der Waals surface area contributed by atoms with Crippen molar-refractivity contribution in [2.24, 2.45) is 0 Å². The number of allylic oxidation sites excluding steroid dienone is 1. The number of rotatable bonds is 26. The number of aromatic hydroxyl groups is 1. The summed E-state index contributed by atoms with van der Waals surface area (Å²) in [4.78, 5) is 60.3. The van der Waals surface area contributed by atoms with Crippen LogP contribution in [0.1, 0.15) is 25.3 Å². The molecule has 7 aromatic rings. The second-order valence-electron chi connectivity index (χ2n) is 18.0. The Balaban J connectivity index is 0.604. The monoisotopic (exact) mass is 1050 g/mol. The van der Waals surface area contributed by atoms with Crippen molar-refractivity contribution in [2.75, 3.05) is 109 Å². The maximum atomic E-state index is 13.3. The van der Waals surface area contributed by atoms with Crippen molar-refractivity contribution in [1.29, 1.82) is 0 Å². The number of para-hydroxylation sites is 1. The molecular formula is C57H62N8O10S. The van der Waals surface area contributed by atoms with Crippen molar-refractivity contribution in [1.82, 2.24) is 30.2 Å². The number of H-pyrrole nitrogens is 2. The minimum atomic E-state index is -0.701. The quantitative estimate of drug-likeness (QED) is 0.0150. The van der Waals surface area contributed by atoms with Gasteiger partial charge in [0, 0.05) is 61.6 Å². The molecule has 0 atom stereocenters. The van der Waals surface area contributed by atoms with Gasteiger partial charge in [-0.15, -0.1) is 0 Å². The number of benzene rings is 5. The second-order valence-corrected chi connectivity index (χ2v) is 19.0. The topological polar surface area (TPSA) is 215 Å². The van der Waals surface area contributed by atoms with E-state index in [0.717, 1.165) is 88.5 Å².